The zero-order chi connectivity index (χ0) is 27.2. The number of carbonyl (C=O) groups is 1. The number of hydrogen-bond donors (Lipinski definition) is 3. The Bertz CT molecular complexity index is 532. The summed E-state index contributed by atoms with van der Waals surface area (Å²) in [6.07, 6.45) is 35.5. The van der Waals surface area contributed by atoms with Crippen molar-refractivity contribution in [1.82, 2.24) is 5.32 Å². The first-order chi connectivity index (χ1) is 18.2. The highest BCUT2D eigenvalue weighted by atomic mass is 16.3. The van der Waals surface area contributed by atoms with Crippen LogP contribution in [0.5, 0.6) is 0 Å². The Morgan fingerprint density at radius 1 is 0.622 bits per heavy atom. The van der Waals surface area contributed by atoms with E-state index in [9.17, 15) is 15.0 Å². The molecule has 0 aromatic carbocycles. The van der Waals surface area contributed by atoms with E-state index in [4.69, 9.17) is 0 Å². The number of carbonyl (C=O) groups excluding carboxylic acids is 1. The highest BCUT2D eigenvalue weighted by Gasteiger charge is 2.17. The fourth-order valence-electron chi connectivity index (χ4n) is 4.65. The molecule has 1 amide bonds. The van der Waals surface area contributed by atoms with E-state index < -0.39 is 12.1 Å². The molecule has 0 saturated carbocycles. The van der Waals surface area contributed by atoms with Crippen LogP contribution >= 0.6 is 0 Å². The topological polar surface area (TPSA) is 69.6 Å². The number of hydrogen-bond acceptors (Lipinski definition) is 3. The summed E-state index contributed by atoms with van der Waals surface area (Å²) in [5.74, 6) is -0.0775. The summed E-state index contributed by atoms with van der Waals surface area (Å²) in [5, 5.41) is 22.6. The Morgan fingerprint density at radius 2 is 1.05 bits per heavy atom. The van der Waals surface area contributed by atoms with Gasteiger partial charge < -0.3 is 15.5 Å². The van der Waals surface area contributed by atoms with E-state index in [-0.39, 0.29) is 12.5 Å². The van der Waals surface area contributed by atoms with Crippen LogP contribution in [0.2, 0.25) is 0 Å². The molecule has 218 valence electrons. The second kappa shape index (κ2) is 29.4. The number of rotatable bonds is 28. The van der Waals surface area contributed by atoms with Gasteiger partial charge in [0.05, 0.1) is 18.8 Å². The van der Waals surface area contributed by atoms with Crippen molar-refractivity contribution in [3.63, 3.8) is 0 Å². The van der Waals surface area contributed by atoms with Gasteiger partial charge in [-0.05, 0) is 25.7 Å². The Labute approximate surface area is 230 Å². The van der Waals surface area contributed by atoms with Gasteiger partial charge in [0.15, 0.2) is 0 Å². The van der Waals surface area contributed by atoms with Crippen LogP contribution in [-0.2, 0) is 4.79 Å². The van der Waals surface area contributed by atoms with Crippen molar-refractivity contribution in [3.8, 4) is 0 Å². The summed E-state index contributed by atoms with van der Waals surface area (Å²) in [7, 11) is 0. The van der Waals surface area contributed by atoms with E-state index in [1.807, 2.05) is 6.08 Å². The Kier molecular flexibility index (Phi) is 28.5. The lowest BCUT2D eigenvalue weighted by Crippen LogP contribution is -2.45. The van der Waals surface area contributed by atoms with E-state index in [1.54, 1.807) is 6.08 Å². The minimum atomic E-state index is -0.853. The van der Waals surface area contributed by atoms with E-state index in [0.29, 0.717) is 6.42 Å². The SMILES string of the molecule is CCCC/C=C/CC/C=C/C(O)C(CO)NC(=O)CCCCCCCCCCCCCCCCCCC. The molecule has 0 fully saturated rings. The van der Waals surface area contributed by atoms with Crippen molar-refractivity contribution in [2.45, 2.75) is 174 Å². The van der Waals surface area contributed by atoms with Crippen LogP contribution in [-0.4, -0.2) is 34.9 Å². The summed E-state index contributed by atoms with van der Waals surface area (Å²) >= 11 is 0. The highest BCUT2D eigenvalue weighted by molar-refractivity contribution is 5.76. The molecule has 3 N–H and O–H groups in total. The molecule has 0 saturated heterocycles. The van der Waals surface area contributed by atoms with Crippen LogP contribution in [0.4, 0.5) is 0 Å². The lowest BCUT2D eigenvalue weighted by molar-refractivity contribution is -0.123. The molecular weight excluding hydrogens is 458 g/mol. The number of aliphatic hydroxyl groups excluding tert-OH is 2. The molecule has 2 atom stereocenters. The average Bonchev–Trinajstić information content (AvgIpc) is 2.90. The van der Waals surface area contributed by atoms with E-state index in [0.717, 1.165) is 32.1 Å². The second-order valence-electron chi connectivity index (χ2n) is 10.9. The number of aliphatic hydroxyl groups is 2. The van der Waals surface area contributed by atoms with E-state index in [2.05, 4.69) is 31.3 Å². The average molecular weight is 522 g/mol. The minimum Gasteiger partial charge on any atom is -0.394 e. The molecular formula is C33H63NO3. The van der Waals surface area contributed by atoms with Crippen molar-refractivity contribution in [2.75, 3.05) is 6.61 Å². The van der Waals surface area contributed by atoms with Crippen LogP contribution in [0.3, 0.4) is 0 Å². The summed E-state index contributed by atoms with van der Waals surface area (Å²) in [6, 6.07) is -0.630. The summed E-state index contributed by atoms with van der Waals surface area (Å²) in [6.45, 7) is 4.21. The molecule has 2 unspecified atom stereocenters. The van der Waals surface area contributed by atoms with E-state index in [1.165, 1.54) is 109 Å². The predicted molar refractivity (Wildman–Crippen MR) is 161 cm³/mol. The van der Waals surface area contributed by atoms with E-state index >= 15 is 0 Å². The summed E-state index contributed by atoms with van der Waals surface area (Å²) in [4.78, 5) is 12.2. The van der Waals surface area contributed by atoms with Gasteiger partial charge in [0.2, 0.25) is 5.91 Å². The fourth-order valence-corrected chi connectivity index (χ4v) is 4.65. The number of allylic oxidation sites excluding steroid dienone is 3. The van der Waals surface area contributed by atoms with Crippen molar-refractivity contribution >= 4 is 5.91 Å². The third-order valence-corrected chi connectivity index (χ3v) is 7.19. The molecule has 0 aliphatic carbocycles. The second-order valence-corrected chi connectivity index (χ2v) is 10.9. The van der Waals surface area contributed by atoms with Gasteiger partial charge in [-0.1, -0.05) is 154 Å². The molecule has 4 nitrogen and oxygen atoms in total. The van der Waals surface area contributed by atoms with Crippen LogP contribution in [0, 0.1) is 0 Å². The van der Waals surface area contributed by atoms with Gasteiger partial charge in [-0.25, -0.2) is 0 Å². The summed E-state index contributed by atoms with van der Waals surface area (Å²) in [5.41, 5.74) is 0. The van der Waals surface area contributed by atoms with Crippen molar-refractivity contribution in [3.05, 3.63) is 24.3 Å². The number of unbranched alkanes of at least 4 members (excludes halogenated alkanes) is 19. The van der Waals surface area contributed by atoms with Gasteiger partial charge in [0.1, 0.15) is 0 Å². The molecule has 0 bridgehead atoms. The molecule has 0 aliphatic rings. The predicted octanol–water partition coefficient (Wildman–Crippen LogP) is 8.95. The lowest BCUT2D eigenvalue weighted by Gasteiger charge is -2.19. The number of nitrogens with one attached hydrogen (secondary N) is 1. The van der Waals surface area contributed by atoms with Crippen LogP contribution in [0.15, 0.2) is 24.3 Å². The third-order valence-electron chi connectivity index (χ3n) is 7.19. The molecule has 4 heteroatoms. The quantitative estimate of drug-likeness (QED) is 0.0711. The molecule has 0 rings (SSSR count). The van der Waals surface area contributed by atoms with Gasteiger partial charge >= 0.3 is 0 Å². The summed E-state index contributed by atoms with van der Waals surface area (Å²) < 4.78 is 0. The third kappa shape index (κ3) is 26.3. The molecule has 0 aromatic heterocycles. The monoisotopic (exact) mass is 521 g/mol. The van der Waals surface area contributed by atoms with Crippen LogP contribution < -0.4 is 5.32 Å². The van der Waals surface area contributed by atoms with Crippen LogP contribution in [0.25, 0.3) is 0 Å². The molecule has 0 radical (unpaired) electrons. The first-order valence-corrected chi connectivity index (χ1v) is 16.1. The molecule has 0 heterocycles. The highest BCUT2D eigenvalue weighted by Crippen LogP contribution is 2.14. The van der Waals surface area contributed by atoms with Gasteiger partial charge in [0, 0.05) is 6.42 Å². The lowest BCUT2D eigenvalue weighted by atomic mass is 10.0. The first-order valence-electron chi connectivity index (χ1n) is 16.1. The fraction of sp³-hybridized carbons (Fsp3) is 0.848. The molecule has 0 aromatic rings. The zero-order valence-electron chi connectivity index (χ0n) is 24.7. The van der Waals surface area contributed by atoms with Crippen LogP contribution in [0.1, 0.15) is 162 Å². The maximum absolute atomic E-state index is 12.2. The van der Waals surface area contributed by atoms with Gasteiger partial charge in [-0.15, -0.1) is 0 Å². The minimum absolute atomic E-state index is 0.0775. The smallest absolute Gasteiger partial charge is 0.220 e. The molecule has 0 aliphatic heterocycles. The largest absolute Gasteiger partial charge is 0.394 e. The molecule has 0 spiro atoms. The first kappa shape index (κ1) is 35.9. The Hall–Kier alpha value is -1.13. The zero-order valence-corrected chi connectivity index (χ0v) is 24.7. The van der Waals surface area contributed by atoms with Crippen molar-refractivity contribution < 1.29 is 15.0 Å². The van der Waals surface area contributed by atoms with Gasteiger partial charge in [-0.3, -0.25) is 4.79 Å². The van der Waals surface area contributed by atoms with Crippen molar-refractivity contribution in [2.24, 2.45) is 0 Å². The Morgan fingerprint density at radius 3 is 1.54 bits per heavy atom. The maximum atomic E-state index is 12.2. The van der Waals surface area contributed by atoms with Gasteiger partial charge in [-0.2, -0.15) is 0 Å². The standard InChI is InChI=1S/C33H63NO3/c1-3-5-7-9-11-13-14-15-16-17-18-19-20-21-23-25-27-29-33(37)34-31(30-35)32(36)28-26-24-22-12-10-8-6-4-2/h10,12,26,28,31-32,35-36H,3-9,11,13-25,27,29-30H2,1-2H3,(H,34,37)/b12-10+,28-26+. The Balaban J connectivity index is 3.59. The number of amides is 1. The van der Waals surface area contributed by atoms with Gasteiger partial charge in [0.25, 0.3) is 0 Å². The normalized spacial score (nSPS) is 13.5. The van der Waals surface area contributed by atoms with Crippen molar-refractivity contribution in [1.29, 1.82) is 0 Å². The maximum Gasteiger partial charge on any atom is 0.220 e. The molecule has 37 heavy (non-hydrogen) atoms.